The van der Waals surface area contributed by atoms with Gasteiger partial charge in [0.1, 0.15) is 0 Å². The van der Waals surface area contributed by atoms with Gasteiger partial charge in [-0.3, -0.25) is 4.79 Å². The van der Waals surface area contributed by atoms with Gasteiger partial charge < -0.3 is 9.84 Å². The lowest BCUT2D eigenvalue weighted by molar-refractivity contribution is -0.244. The summed E-state index contributed by atoms with van der Waals surface area (Å²) in [4.78, 5) is 22.8. The number of benzene rings is 1. The molecule has 0 atom stereocenters. The van der Waals surface area contributed by atoms with Crippen LogP contribution in [0, 0.1) is 0 Å². The van der Waals surface area contributed by atoms with E-state index in [1.165, 1.54) is 31.2 Å². The molecule has 18 heavy (non-hydrogen) atoms. The minimum absolute atomic E-state index is 0.0903. The zero-order valence-electron chi connectivity index (χ0n) is 10.0. The smallest absolute Gasteiger partial charge is 0.379 e. The zero-order valence-corrected chi connectivity index (χ0v) is 10.8. The maximum atomic E-state index is 11.9. The number of carbonyl (C=O) groups excluding carboxylic acids is 2. The van der Waals surface area contributed by atoms with E-state index in [9.17, 15) is 14.7 Å². The summed E-state index contributed by atoms with van der Waals surface area (Å²) in [5, 5.41) is 12.4. The first kappa shape index (κ1) is 14.3. The van der Waals surface area contributed by atoms with E-state index in [0.717, 1.165) is 0 Å². The van der Waals surface area contributed by atoms with Crippen LogP contribution >= 0.6 is 11.6 Å². The summed E-state index contributed by atoms with van der Waals surface area (Å²) < 4.78 is 4.55. The maximum Gasteiger partial charge on any atom is 0.379 e. The van der Waals surface area contributed by atoms with Crippen molar-refractivity contribution in [2.45, 2.75) is 13.8 Å². The van der Waals surface area contributed by atoms with E-state index in [1.807, 2.05) is 0 Å². The molecule has 0 saturated carbocycles. The molecule has 0 aliphatic heterocycles. The zero-order chi connectivity index (χ0) is 13.7. The van der Waals surface area contributed by atoms with Gasteiger partial charge >= 0.3 is 5.97 Å². The number of carbonyl (C=O) groups is 2. The van der Waals surface area contributed by atoms with Crippen LogP contribution in [0.2, 0.25) is 5.02 Å². The first-order chi connectivity index (χ1) is 8.47. The van der Waals surface area contributed by atoms with Gasteiger partial charge in [-0.15, -0.1) is 0 Å². The Morgan fingerprint density at radius 3 is 2.33 bits per heavy atom. The summed E-state index contributed by atoms with van der Waals surface area (Å²) >= 11 is 5.69. The summed E-state index contributed by atoms with van der Waals surface area (Å²) in [6.07, 6.45) is 0. The Morgan fingerprint density at radius 2 is 1.83 bits per heavy atom. The maximum absolute atomic E-state index is 11.9. The van der Waals surface area contributed by atoms with Crippen LogP contribution in [0.5, 0.6) is 0 Å². The predicted octanol–water partition coefficient (Wildman–Crippen LogP) is 1.56. The molecular weight excluding hydrogens is 256 g/mol. The largest absolute Gasteiger partial charge is 0.872 e. The number of Topliss-reactive ketones (excluding diaryl/α,β-unsaturated/α-hetero) is 1. The first-order valence-corrected chi connectivity index (χ1v) is 5.70. The van der Waals surface area contributed by atoms with E-state index < -0.39 is 17.5 Å². The number of ketones is 1. The van der Waals surface area contributed by atoms with Crippen molar-refractivity contribution < 1.29 is 19.4 Å². The van der Waals surface area contributed by atoms with E-state index in [2.05, 4.69) is 4.74 Å². The Balaban J connectivity index is 3.01. The Morgan fingerprint density at radius 1 is 1.28 bits per heavy atom. The Labute approximate surface area is 110 Å². The fourth-order valence-corrected chi connectivity index (χ4v) is 1.40. The average molecular weight is 268 g/mol. The molecule has 1 aromatic rings. The van der Waals surface area contributed by atoms with Crippen LogP contribution in [0.15, 0.2) is 29.8 Å². The number of rotatable bonds is 4. The molecule has 0 saturated heterocycles. The van der Waals surface area contributed by atoms with Crippen LogP contribution in [0.3, 0.4) is 0 Å². The second-order valence-corrected chi connectivity index (χ2v) is 3.95. The minimum atomic E-state index is -1.02. The summed E-state index contributed by atoms with van der Waals surface area (Å²) in [5.41, 5.74) is 0.130. The fraction of sp³-hybridized carbons (Fsp3) is 0.231. The molecule has 96 valence electrons. The molecule has 0 spiro atoms. The van der Waals surface area contributed by atoms with E-state index in [1.54, 1.807) is 6.92 Å². The van der Waals surface area contributed by atoms with Crippen LogP contribution in [0.4, 0.5) is 0 Å². The van der Waals surface area contributed by atoms with Gasteiger partial charge in [-0.1, -0.05) is 29.5 Å². The van der Waals surface area contributed by atoms with Crippen LogP contribution in [-0.4, -0.2) is 18.4 Å². The summed E-state index contributed by atoms with van der Waals surface area (Å²) in [6.45, 7) is 2.98. The van der Waals surface area contributed by atoms with Gasteiger partial charge in [0.05, 0.1) is 6.61 Å². The van der Waals surface area contributed by atoms with Crippen LogP contribution in [-0.2, 0) is 14.3 Å². The first-order valence-electron chi connectivity index (χ1n) is 5.32. The number of esters is 1. The van der Waals surface area contributed by atoms with Gasteiger partial charge in [0.25, 0.3) is 5.78 Å². The molecule has 0 N–H and O–H groups in total. The van der Waals surface area contributed by atoms with Crippen LogP contribution < -0.4 is 5.11 Å². The third kappa shape index (κ3) is 3.34. The Bertz CT molecular complexity index is 488. The molecule has 1 rings (SSSR count). The van der Waals surface area contributed by atoms with Crippen molar-refractivity contribution in [3.8, 4) is 0 Å². The third-order valence-electron chi connectivity index (χ3n) is 2.25. The molecular formula is C13H12ClO4-. The van der Waals surface area contributed by atoms with E-state index in [4.69, 9.17) is 11.6 Å². The second-order valence-electron chi connectivity index (χ2n) is 3.51. The van der Waals surface area contributed by atoms with Gasteiger partial charge in [-0.05, 0) is 37.1 Å². The molecule has 0 unspecified atom stereocenters. The number of hydrogen-bond donors (Lipinski definition) is 0. The molecule has 0 bridgehead atoms. The highest BCUT2D eigenvalue weighted by atomic mass is 35.5. The summed E-state index contributed by atoms with van der Waals surface area (Å²) in [7, 11) is 0. The van der Waals surface area contributed by atoms with Crippen LogP contribution in [0.25, 0.3) is 5.76 Å². The average Bonchev–Trinajstić information content (AvgIpc) is 2.37. The molecule has 0 heterocycles. The SMILES string of the molecule is CCOC(=O)C(=O)/C(C)=C(\[O-])c1ccc(Cl)cc1. The number of ether oxygens (including phenoxy) is 1. The number of hydrogen-bond acceptors (Lipinski definition) is 4. The second kappa shape index (κ2) is 6.21. The van der Waals surface area contributed by atoms with E-state index in [-0.39, 0.29) is 12.2 Å². The van der Waals surface area contributed by atoms with Gasteiger partial charge in [0.15, 0.2) is 0 Å². The monoisotopic (exact) mass is 267 g/mol. The lowest BCUT2D eigenvalue weighted by Gasteiger charge is -2.15. The molecule has 1 aromatic carbocycles. The van der Waals surface area contributed by atoms with Crippen molar-refractivity contribution in [1.82, 2.24) is 0 Å². The summed E-state index contributed by atoms with van der Waals surface area (Å²) in [5.74, 6) is -2.45. The number of halogens is 1. The highest BCUT2D eigenvalue weighted by molar-refractivity contribution is 6.41. The van der Waals surface area contributed by atoms with Crippen molar-refractivity contribution in [1.29, 1.82) is 0 Å². The van der Waals surface area contributed by atoms with Crippen molar-refractivity contribution in [3.63, 3.8) is 0 Å². The van der Waals surface area contributed by atoms with Crippen molar-refractivity contribution in [3.05, 3.63) is 40.4 Å². The van der Waals surface area contributed by atoms with Gasteiger partial charge in [0.2, 0.25) is 0 Å². The third-order valence-corrected chi connectivity index (χ3v) is 2.50. The van der Waals surface area contributed by atoms with Crippen molar-refractivity contribution in [2.24, 2.45) is 0 Å². The molecule has 4 nitrogen and oxygen atoms in total. The molecule has 0 aliphatic rings. The van der Waals surface area contributed by atoms with Crippen molar-refractivity contribution >= 4 is 29.1 Å². The highest BCUT2D eigenvalue weighted by Crippen LogP contribution is 2.17. The van der Waals surface area contributed by atoms with E-state index >= 15 is 0 Å². The standard InChI is InChI=1S/C13H13ClO4/c1-3-18-13(17)12(16)8(2)11(15)9-4-6-10(14)7-5-9/h4-7,15H,3H2,1-2H3/p-1/b11-8-. The summed E-state index contributed by atoms with van der Waals surface area (Å²) in [6, 6.07) is 6.06. The Kier molecular flexibility index (Phi) is 4.92. The quantitative estimate of drug-likeness (QED) is 0.359. The van der Waals surface area contributed by atoms with Crippen LogP contribution in [0.1, 0.15) is 19.4 Å². The molecule has 0 aromatic heterocycles. The lowest BCUT2D eigenvalue weighted by Crippen LogP contribution is -2.21. The van der Waals surface area contributed by atoms with Gasteiger partial charge in [-0.2, -0.15) is 0 Å². The minimum Gasteiger partial charge on any atom is -0.872 e. The van der Waals surface area contributed by atoms with E-state index in [0.29, 0.717) is 10.6 Å². The highest BCUT2D eigenvalue weighted by Gasteiger charge is 2.17. The predicted molar refractivity (Wildman–Crippen MR) is 65.7 cm³/mol. The molecule has 0 fully saturated rings. The molecule has 0 amide bonds. The topological polar surface area (TPSA) is 66.4 Å². The molecule has 0 radical (unpaired) electrons. The van der Waals surface area contributed by atoms with Gasteiger partial charge in [0, 0.05) is 5.02 Å². The van der Waals surface area contributed by atoms with Gasteiger partial charge in [-0.25, -0.2) is 4.79 Å². The fourth-order valence-electron chi connectivity index (χ4n) is 1.27. The Hall–Kier alpha value is -1.81. The lowest BCUT2D eigenvalue weighted by atomic mass is 10.1. The normalized spacial score (nSPS) is 11.7. The molecule has 0 aliphatic carbocycles. The molecule has 5 heteroatoms. The van der Waals surface area contributed by atoms with Crippen molar-refractivity contribution in [2.75, 3.05) is 6.61 Å².